The summed E-state index contributed by atoms with van der Waals surface area (Å²) in [5.74, 6) is -0.283. The first-order valence-electron chi connectivity index (χ1n) is 11.1. The lowest BCUT2D eigenvalue weighted by Gasteiger charge is -2.33. The third-order valence-electron chi connectivity index (χ3n) is 5.95. The summed E-state index contributed by atoms with van der Waals surface area (Å²) in [5.41, 5.74) is 4.62. The normalized spacial score (nSPS) is 16.9. The maximum absolute atomic E-state index is 13.3. The van der Waals surface area contributed by atoms with Gasteiger partial charge in [-0.2, -0.15) is 0 Å². The maximum Gasteiger partial charge on any atom is 0.253 e. The summed E-state index contributed by atoms with van der Waals surface area (Å²) in [6.45, 7) is 5.11. The molecule has 0 spiro atoms. The molecule has 1 fully saturated rings. The lowest BCUT2D eigenvalue weighted by atomic mass is 9.94. The summed E-state index contributed by atoms with van der Waals surface area (Å²) in [6.07, 6.45) is 3.32. The van der Waals surface area contributed by atoms with Gasteiger partial charge in [0.15, 0.2) is 0 Å². The molecular formula is C27H29N3O2. The topological polar surface area (TPSA) is 62.3 Å². The molecular weight excluding hydrogens is 398 g/mol. The van der Waals surface area contributed by atoms with E-state index in [4.69, 9.17) is 0 Å². The van der Waals surface area contributed by atoms with Crippen LogP contribution in [0.2, 0.25) is 0 Å². The van der Waals surface area contributed by atoms with Crippen molar-refractivity contribution in [2.75, 3.05) is 13.1 Å². The molecule has 164 valence electrons. The standard InChI is InChI=1S/C27H29N3O2/c1-19-15-20(2)17-23(16-19)27(32)30-14-8-11-22(18-30)26(31)29-25(21-9-4-3-5-10-21)24-12-6-7-13-28-24/h3-7,9-10,12-13,15-17,22,25H,8,11,14,18H2,1-2H3,(H,29,31)/t22-,25-/m1/s1. The molecule has 1 aliphatic rings. The molecule has 0 aliphatic carbocycles. The lowest BCUT2D eigenvalue weighted by molar-refractivity contribution is -0.126. The van der Waals surface area contributed by atoms with E-state index in [1.165, 1.54) is 0 Å². The number of hydrogen-bond donors (Lipinski definition) is 1. The fourth-order valence-electron chi connectivity index (χ4n) is 4.44. The van der Waals surface area contributed by atoms with Crippen molar-refractivity contribution in [1.82, 2.24) is 15.2 Å². The van der Waals surface area contributed by atoms with Crippen LogP contribution in [0.4, 0.5) is 0 Å². The van der Waals surface area contributed by atoms with E-state index in [1.807, 2.05) is 79.4 Å². The van der Waals surface area contributed by atoms with E-state index < -0.39 is 0 Å². The van der Waals surface area contributed by atoms with Crippen molar-refractivity contribution in [3.63, 3.8) is 0 Å². The fraction of sp³-hybridized carbons (Fsp3) is 0.296. The molecule has 3 aromatic rings. The second kappa shape index (κ2) is 9.77. The third-order valence-corrected chi connectivity index (χ3v) is 5.95. The van der Waals surface area contributed by atoms with Crippen molar-refractivity contribution < 1.29 is 9.59 Å². The van der Waals surface area contributed by atoms with Crippen LogP contribution in [0, 0.1) is 19.8 Å². The van der Waals surface area contributed by atoms with Gasteiger partial charge in [-0.05, 0) is 56.5 Å². The van der Waals surface area contributed by atoms with Gasteiger partial charge in [-0.25, -0.2) is 0 Å². The number of nitrogens with one attached hydrogen (secondary N) is 1. The Bertz CT molecular complexity index is 1020. The summed E-state index contributed by atoms with van der Waals surface area (Å²) in [5, 5.41) is 3.20. The zero-order chi connectivity index (χ0) is 22.5. The molecule has 5 nitrogen and oxygen atoms in total. The van der Waals surface area contributed by atoms with E-state index in [0.29, 0.717) is 18.7 Å². The molecule has 4 rings (SSSR count). The molecule has 2 heterocycles. The van der Waals surface area contributed by atoms with Crippen LogP contribution in [-0.4, -0.2) is 34.8 Å². The molecule has 0 bridgehead atoms. The number of aromatic nitrogens is 1. The van der Waals surface area contributed by atoms with Gasteiger partial charge in [0.25, 0.3) is 5.91 Å². The van der Waals surface area contributed by atoms with E-state index in [1.54, 1.807) is 6.20 Å². The Balaban J connectivity index is 1.50. The number of amides is 2. The van der Waals surface area contributed by atoms with Gasteiger partial charge in [-0.15, -0.1) is 0 Å². The minimum absolute atomic E-state index is 0.00126. The Labute approximate surface area is 189 Å². The molecule has 1 saturated heterocycles. The molecule has 2 atom stereocenters. The second-order valence-electron chi connectivity index (χ2n) is 8.57. The molecule has 32 heavy (non-hydrogen) atoms. The number of piperidine rings is 1. The molecule has 1 aliphatic heterocycles. The largest absolute Gasteiger partial charge is 0.343 e. The van der Waals surface area contributed by atoms with Crippen molar-refractivity contribution >= 4 is 11.8 Å². The van der Waals surface area contributed by atoms with Gasteiger partial charge in [0.2, 0.25) is 5.91 Å². The minimum atomic E-state index is -0.324. The predicted octanol–water partition coefficient (Wildman–Crippen LogP) is 4.46. The Morgan fingerprint density at radius 3 is 2.41 bits per heavy atom. The van der Waals surface area contributed by atoms with Crippen LogP contribution < -0.4 is 5.32 Å². The first-order valence-corrected chi connectivity index (χ1v) is 11.1. The number of aryl methyl sites for hydroxylation is 2. The minimum Gasteiger partial charge on any atom is -0.343 e. The third kappa shape index (κ3) is 5.05. The van der Waals surface area contributed by atoms with Crippen LogP contribution >= 0.6 is 0 Å². The highest BCUT2D eigenvalue weighted by atomic mass is 16.2. The average Bonchev–Trinajstić information content (AvgIpc) is 2.82. The Morgan fingerprint density at radius 2 is 1.72 bits per heavy atom. The van der Waals surface area contributed by atoms with Gasteiger partial charge in [0.1, 0.15) is 0 Å². The number of benzene rings is 2. The number of nitrogens with zero attached hydrogens (tertiary/aromatic N) is 2. The van der Waals surface area contributed by atoms with Gasteiger partial charge in [-0.1, -0.05) is 53.6 Å². The van der Waals surface area contributed by atoms with Crippen LogP contribution in [0.1, 0.15) is 51.6 Å². The number of pyridine rings is 1. The van der Waals surface area contributed by atoms with E-state index in [2.05, 4.69) is 16.4 Å². The van der Waals surface area contributed by atoms with Crippen LogP contribution in [0.25, 0.3) is 0 Å². The van der Waals surface area contributed by atoms with Crippen LogP contribution in [-0.2, 0) is 4.79 Å². The van der Waals surface area contributed by atoms with E-state index in [0.717, 1.165) is 35.2 Å². The molecule has 1 N–H and O–H groups in total. The quantitative estimate of drug-likeness (QED) is 0.654. The zero-order valence-electron chi connectivity index (χ0n) is 18.6. The van der Waals surface area contributed by atoms with Crippen molar-refractivity contribution in [1.29, 1.82) is 0 Å². The zero-order valence-corrected chi connectivity index (χ0v) is 18.6. The Kier molecular flexibility index (Phi) is 6.64. The van der Waals surface area contributed by atoms with Gasteiger partial charge in [0, 0.05) is 24.8 Å². The Morgan fingerprint density at radius 1 is 1.00 bits per heavy atom. The first-order chi connectivity index (χ1) is 15.5. The Hall–Kier alpha value is -3.47. The highest BCUT2D eigenvalue weighted by Gasteiger charge is 2.31. The van der Waals surface area contributed by atoms with E-state index >= 15 is 0 Å². The molecule has 0 radical (unpaired) electrons. The number of carbonyl (C=O) groups is 2. The monoisotopic (exact) mass is 427 g/mol. The molecule has 2 aromatic carbocycles. The summed E-state index contributed by atoms with van der Waals surface area (Å²) in [7, 11) is 0. The highest BCUT2D eigenvalue weighted by molar-refractivity contribution is 5.95. The van der Waals surface area contributed by atoms with Crippen molar-refractivity contribution in [2.45, 2.75) is 32.7 Å². The summed E-state index contributed by atoms with van der Waals surface area (Å²) >= 11 is 0. The molecule has 2 amide bonds. The van der Waals surface area contributed by atoms with Crippen molar-refractivity contribution in [2.24, 2.45) is 5.92 Å². The summed E-state index contributed by atoms with van der Waals surface area (Å²) < 4.78 is 0. The average molecular weight is 428 g/mol. The number of likely N-dealkylation sites (tertiary alicyclic amines) is 1. The maximum atomic E-state index is 13.3. The molecule has 5 heteroatoms. The number of carbonyl (C=O) groups excluding carboxylic acids is 2. The van der Waals surface area contributed by atoms with Crippen molar-refractivity contribution in [3.05, 3.63) is 101 Å². The molecule has 0 saturated carbocycles. The fourth-order valence-corrected chi connectivity index (χ4v) is 4.44. The van der Waals surface area contributed by atoms with Crippen LogP contribution in [0.15, 0.2) is 72.9 Å². The SMILES string of the molecule is Cc1cc(C)cc(C(=O)N2CCC[C@@H](C(=O)N[C@H](c3ccccc3)c3ccccn3)C2)c1. The lowest BCUT2D eigenvalue weighted by Crippen LogP contribution is -2.46. The van der Waals surface area contributed by atoms with E-state index in [9.17, 15) is 9.59 Å². The van der Waals surface area contributed by atoms with Gasteiger partial charge >= 0.3 is 0 Å². The first kappa shape index (κ1) is 21.8. The van der Waals surface area contributed by atoms with Crippen LogP contribution in [0.3, 0.4) is 0 Å². The number of hydrogen-bond acceptors (Lipinski definition) is 3. The number of rotatable bonds is 5. The summed E-state index contributed by atoms with van der Waals surface area (Å²) in [6, 6.07) is 21.2. The smallest absolute Gasteiger partial charge is 0.253 e. The molecule has 1 aromatic heterocycles. The van der Waals surface area contributed by atoms with Gasteiger partial charge in [-0.3, -0.25) is 14.6 Å². The molecule has 0 unspecified atom stereocenters. The van der Waals surface area contributed by atoms with Gasteiger partial charge < -0.3 is 10.2 Å². The summed E-state index contributed by atoms with van der Waals surface area (Å²) in [4.78, 5) is 32.7. The van der Waals surface area contributed by atoms with Gasteiger partial charge in [0.05, 0.1) is 17.7 Å². The second-order valence-corrected chi connectivity index (χ2v) is 8.57. The van der Waals surface area contributed by atoms with E-state index in [-0.39, 0.29) is 23.8 Å². The van der Waals surface area contributed by atoms with Crippen molar-refractivity contribution in [3.8, 4) is 0 Å². The predicted molar refractivity (Wildman–Crippen MR) is 125 cm³/mol. The highest BCUT2D eigenvalue weighted by Crippen LogP contribution is 2.24. The van der Waals surface area contributed by atoms with Crippen LogP contribution in [0.5, 0.6) is 0 Å².